The molecule has 1 saturated carbocycles. The van der Waals surface area contributed by atoms with Crippen molar-refractivity contribution in [3.63, 3.8) is 0 Å². The molecule has 1 atom stereocenters. The minimum atomic E-state index is -0.731. The summed E-state index contributed by atoms with van der Waals surface area (Å²) in [7, 11) is 0. The number of carbonyl (C=O) groups excluding carboxylic acids is 1. The zero-order chi connectivity index (χ0) is 13.9. The zero-order valence-corrected chi connectivity index (χ0v) is 11.4. The van der Waals surface area contributed by atoms with Gasteiger partial charge in [0.2, 0.25) is 5.91 Å². The molecule has 0 bridgehead atoms. The van der Waals surface area contributed by atoms with Crippen molar-refractivity contribution >= 4 is 5.91 Å². The summed E-state index contributed by atoms with van der Waals surface area (Å²) >= 11 is 0. The number of aliphatic hydroxyl groups excluding tert-OH is 1. The van der Waals surface area contributed by atoms with E-state index in [0.717, 1.165) is 36.8 Å². The summed E-state index contributed by atoms with van der Waals surface area (Å²) in [6.45, 7) is 2.16. The molecule has 1 aromatic carbocycles. The van der Waals surface area contributed by atoms with Crippen molar-refractivity contribution in [2.24, 2.45) is 5.73 Å². The third-order valence-corrected chi connectivity index (χ3v) is 3.95. The number of nitrogens with two attached hydrogens (primary N) is 1. The zero-order valence-electron chi connectivity index (χ0n) is 11.4. The lowest BCUT2D eigenvalue weighted by Crippen LogP contribution is -2.52. The number of aliphatic hydroxyl groups is 1. The van der Waals surface area contributed by atoms with Gasteiger partial charge < -0.3 is 16.2 Å². The van der Waals surface area contributed by atoms with Gasteiger partial charge in [0.15, 0.2) is 0 Å². The molecule has 104 valence electrons. The van der Waals surface area contributed by atoms with E-state index in [9.17, 15) is 9.90 Å². The molecular weight excluding hydrogens is 240 g/mol. The lowest BCUT2D eigenvalue weighted by molar-refractivity contribution is -0.126. The smallest absolute Gasteiger partial charge is 0.240 e. The number of amides is 1. The first-order valence-corrected chi connectivity index (χ1v) is 6.84. The van der Waals surface area contributed by atoms with Crippen LogP contribution in [0.3, 0.4) is 0 Å². The molecule has 1 fully saturated rings. The van der Waals surface area contributed by atoms with Crippen LogP contribution in [-0.2, 0) is 4.79 Å². The number of nitrogens with one attached hydrogen (secondary N) is 1. The average molecular weight is 262 g/mol. The predicted molar refractivity (Wildman–Crippen MR) is 74.5 cm³/mol. The highest BCUT2D eigenvalue weighted by molar-refractivity contribution is 5.86. The Bertz CT molecular complexity index is 453. The molecule has 0 aromatic heterocycles. The van der Waals surface area contributed by atoms with E-state index in [1.807, 2.05) is 31.2 Å². The molecule has 2 rings (SSSR count). The second kappa shape index (κ2) is 5.72. The third-order valence-electron chi connectivity index (χ3n) is 3.95. The van der Waals surface area contributed by atoms with Crippen LogP contribution >= 0.6 is 0 Å². The van der Waals surface area contributed by atoms with E-state index < -0.39 is 11.6 Å². The molecule has 1 amide bonds. The first-order chi connectivity index (χ1) is 9.03. The van der Waals surface area contributed by atoms with Crippen molar-refractivity contribution in [3.05, 3.63) is 35.4 Å². The average Bonchev–Trinajstić information content (AvgIpc) is 2.84. The minimum Gasteiger partial charge on any atom is -0.387 e. The van der Waals surface area contributed by atoms with Gasteiger partial charge >= 0.3 is 0 Å². The molecular formula is C15H22N2O2. The van der Waals surface area contributed by atoms with Crippen LogP contribution < -0.4 is 11.1 Å². The Morgan fingerprint density at radius 1 is 1.42 bits per heavy atom. The topological polar surface area (TPSA) is 75.3 Å². The first kappa shape index (κ1) is 14.0. The predicted octanol–water partition coefficient (Wildman–Crippen LogP) is 1.42. The Kier molecular flexibility index (Phi) is 4.22. The van der Waals surface area contributed by atoms with Gasteiger partial charge in [-0.15, -0.1) is 0 Å². The molecule has 0 aliphatic heterocycles. The van der Waals surface area contributed by atoms with E-state index >= 15 is 0 Å². The van der Waals surface area contributed by atoms with Crippen molar-refractivity contribution in [2.75, 3.05) is 6.54 Å². The maximum absolute atomic E-state index is 12.0. The van der Waals surface area contributed by atoms with E-state index in [1.54, 1.807) is 0 Å². The number of rotatable bonds is 4. The van der Waals surface area contributed by atoms with Gasteiger partial charge in [-0.2, -0.15) is 0 Å². The lowest BCUT2D eigenvalue weighted by atomic mass is 9.97. The van der Waals surface area contributed by atoms with Crippen LogP contribution in [0.15, 0.2) is 24.3 Å². The summed E-state index contributed by atoms with van der Waals surface area (Å²) in [4.78, 5) is 12.0. The largest absolute Gasteiger partial charge is 0.387 e. The monoisotopic (exact) mass is 262 g/mol. The fraction of sp³-hybridized carbons (Fsp3) is 0.533. The van der Waals surface area contributed by atoms with Gasteiger partial charge in [-0.25, -0.2) is 0 Å². The first-order valence-electron chi connectivity index (χ1n) is 6.84. The van der Waals surface area contributed by atoms with Crippen molar-refractivity contribution in [2.45, 2.75) is 44.2 Å². The van der Waals surface area contributed by atoms with Gasteiger partial charge in [-0.05, 0) is 30.9 Å². The normalized spacial score (nSPS) is 19.1. The number of hydrogen-bond acceptors (Lipinski definition) is 3. The van der Waals surface area contributed by atoms with E-state index in [-0.39, 0.29) is 12.5 Å². The van der Waals surface area contributed by atoms with E-state index in [0.29, 0.717) is 0 Å². The molecule has 1 aliphatic rings. The fourth-order valence-corrected chi connectivity index (χ4v) is 2.67. The number of aryl methyl sites for hydroxylation is 1. The maximum Gasteiger partial charge on any atom is 0.240 e. The Labute approximate surface area is 114 Å². The number of carbonyl (C=O) groups is 1. The molecule has 0 saturated heterocycles. The Balaban J connectivity index is 1.92. The van der Waals surface area contributed by atoms with Crippen LogP contribution in [0.4, 0.5) is 0 Å². The Morgan fingerprint density at radius 2 is 2.05 bits per heavy atom. The molecule has 0 radical (unpaired) electrons. The molecule has 1 unspecified atom stereocenters. The summed E-state index contributed by atoms with van der Waals surface area (Å²) in [5, 5.41) is 12.9. The summed E-state index contributed by atoms with van der Waals surface area (Å²) in [6, 6.07) is 7.63. The van der Waals surface area contributed by atoms with Crippen LogP contribution in [0, 0.1) is 6.92 Å². The van der Waals surface area contributed by atoms with Gasteiger partial charge in [0, 0.05) is 6.54 Å². The molecule has 19 heavy (non-hydrogen) atoms. The SMILES string of the molecule is Cc1ccccc1C(O)CNC(=O)C1(N)CCCC1. The third kappa shape index (κ3) is 3.14. The second-order valence-electron chi connectivity index (χ2n) is 5.45. The van der Waals surface area contributed by atoms with Crippen molar-refractivity contribution in [1.29, 1.82) is 0 Å². The van der Waals surface area contributed by atoms with Crippen molar-refractivity contribution in [3.8, 4) is 0 Å². The summed E-state index contributed by atoms with van der Waals surface area (Å²) in [6.07, 6.45) is 2.79. The van der Waals surface area contributed by atoms with Crippen LogP contribution in [0.1, 0.15) is 42.9 Å². The Morgan fingerprint density at radius 3 is 2.68 bits per heavy atom. The molecule has 4 heteroatoms. The van der Waals surface area contributed by atoms with E-state index in [2.05, 4.69) is 5.32 Å². The van der Waals surface area contributed by atoms with E-state index in [1.165, 1.54) is 0 Å². The summed E-state index contributed by atoms with van der Waals surface area (Å²) in [5.74, 6) is -0.141. The molecule has 0 heterocycles. The molecule has 1 aliphatic carbocycles. The highest BCUT2D eigenvalue weighted by atomic mass is 16.3. The van der Waals surface area contributed by atoms with Gasteiger partial charge in [0.25, 0.3) is 0 Å². The number of hydrogen-bond donors (Lipinski definition) is 3. The molecule has 4 nitrogen and oxygen atoms in total. The van der Waals surface area contributed by atoms with Crippen LogP contribution in [0.5, 0.6) is 0 Å². The van der Waals surface area contributed by atoms with E-state index in [4.69, 9.17) is 5.73 Å². The van der Waals surface area contributed by atoms with Crippen LogP contribution in [0.25, 0.3) is 0 Å². The van der Waals surface area contributed by atoms with Crippen molar-refractivity contribution < 1.29 is 9.90 Å². The molecule has 4 N–H and O–H groups in total. The van der Waals surface area contributed by atoms with Crippen molar-refractivity contribution in [1.82, 2.24) is 5.32 Å². The quantitative estimate of drug-likeness (QED) is 0.768. The summed E-state index contributed by atoms with van der Waals surface area (Å²) < 4.78 is 0. The highest BCUT2D eigenvalue weighted by Crippen LogP contribution is 2.27. The molecule has 0 spiro atoms. The van der Waals surface area contributed by atoms with Crippen LogP contribution in [0.2, 0.25) is 0 Å². The Hall–Kier alpha value is -1.39. The van der Waals surface area contributed by atoms with Gasteiger partial charge in [-0.3, -0.25) is 4.79 Å². The maximum atomic E-state index is 12.0. The number of benzene rings is 1. The molecule has 1 aromatic rings. The summed E-state index contributed by atoms with van der Waals surface area (Å²) in [5.41, 5.74) is 7.20. The van der Waals surface area contributed by atoms with Gasteiger partial charge in [0.05, 0.1) is 11.6 Å². The fourth-order valence-electron chi connectivity index (χ4n) is 2.67. The van der Waals surface area contributed by atoms with Crippen LogP contribution in [-0.4, -0.2) is 23.1 Å². The van der Waals surface area contributed by atoms with Gasteiger partial charge in [-0.1, -0.05) is 37.1 Å². The lowest BCUT2D eigenvalue weighted by Gasteiger charge is -2.23. The minimum absolute atomic E-state index is 0.141. The second-order valence-corrected chi connectivity index (χ2v) is 5.45. The standard InChI is InChI=1S/C15H22N2O2/c1-11-6-2-3-7-12(11)13(18)10-17-14(19)15(16)8-4-5-9-15/h2-3,6-7,13,18H,4-5,8-10,16H2,1H3,(H,17,19). The van der Waals surface area contributed by atoms with Gasteiger partial charge in [0.1, 0.15) is 0 Å². The highest BCUT2D eigenvalue weighted by Gasteiger charge is 2.36.